The van der Waals surface area contributed by atoms with E-state index in [1.807, 2.05) is 0 Å². The van der Waals surface area contributed by atoms with Crippen LogP contribution in [0.15, 0.2) is 218 Å². The van der Waals surface area contributed by atoms with Crippen LogP contribution >= 0.6 is 0 Å². The van der Waals surface area contributed by atoms with Gasteiger partial charge in [-0.25, -0.2) is 0 Å². The molecule has 0 saturated heterocycles. The van der Waals surface area contributed by atoms with E-state index in [1.165, 1.54) is 78.3 Å². The second-order valence-electron chi connectivity index (χ2n) is 16.1. The van der Waals surface area contributed by atoms with E-state index < -0.39 is 0 Å². The Kier molecular flexibility index (Phi) is 7.16. The van der Waals surface area contributed by atoms with Crippen LogP contribution in [0.4, 0.5) is 68.2 Å². The summed E-state index contributed by atoms with van der Waals surface area (Å²) in [7, 11) is 0. The van der Waals surface area contributed by atoms with E-state index in [4.69, 9.17) is 0 Å². The van der Waals surface area contributed by atoms with Crippen LogP contribution < -0.4 is 52.4 Å². The molecular weight excluding hydrogens is 726 g/mol. The fraction of sp³-hybridized carbons (Fsp3) is 0. The van der Waals surface area contributed by atoms with Crippen molar-refractivity contribution >= 4 is 114 Å². The number of para-hydroxylation sites is 6. The molecule has 0 bridgehead atoms. The second-order valence-corrected chi connectivity index (χ2v) is 16.1. The van der Waals surface area contributed by atoms with E-state index in [1.54, 1.807) is 0 Å². The summed E-state index contributed by atoms with van der Waals surface area (Å²) in [5.41, 5.74) is 22.2. The third kappa shape index (κ3) is 4.64. The van der Waals surface area contributed by atoms with Gasteiger partial charge in [0, 0.05) is 68.2 Å². The van der Waals surface area contributed by atoms with E-state index >= 15 is 0 Å². The average molecular weight is 763 g/mol. The Labute approximate surface area is 351 Å². The third-order valence-electron chi connectivity index (χ3n) is 13.0. The normalized spacial score (nSPS) is 13.8. The van der Waals surface area contributed by atoms with Gasteiger partial charge in [0.1, 0.15) is 0 Å². The van der Waals surface area contributed by atoms with Crippen LogP contribution in [0.3, 0.4) is 0 Å². The number of rotatable bonds is 4. The van der Waals surface area contributed by atoms with Crippen molar-refractivity contribution in [2.75, 3.05) is 19.6 Å². The number of fused-ring (bicyclic) bond motifs is 8. The molecule has 0 saturated carbocycles. The molecule has 0 aliphatic carbocycles. The van der Waals surface area contributed by atoms with E-state index in [-0.39, 0.29) is 13.4 Å². The predicted octanol–water partition coefficient (Wildman–Crippen LogP) is 9.85. The Morgan fingerprint density at radius 1 is 0.217 bits per heavy atom. The molecule has 13 rings (SSSR count). The summed E-state index contributed by atoms with van der Waals surface area (Å²) in [5, 5.41) is 0. The molecule has 9 aromatic carbocycles. The largest absolute Gasteiger partial charge is 0.311 e. The third-order valence-corrected chi connectivity index (χ3v) is 13.0. The molecule has 60 heavy (non-hydrogen) atoms. The van der Waals surface area contributed by atoms with Gasteiger partial charge in [-0.15, -0.1) is 0 Å². The zero-order chi connectivity index (χ0) is 39.3. The molecule has 9 aromatic rings. The Morgan fingerprint density at radius 3 is 0.817 bits per heavy atom. The minimum absolute atomic E-state index is 0.0974. The molecule has 0 amide bonds. The molecule has 0 fully saturated rings. The molecule has 6 heteroatoms. The predicted molar refractivity (Wildman–Crippen MR) is 254 cm³/mol. The number of nitrogens with zero attached hydrogens (tertiary/aromatic N) is 4. The molecule has 0 N–H and O–H groups in total. The highest BCUT2D eigenvalue weighted by molar-refractivity contribution is 7.01. The van der Waals surface area contributed by atoms with Gasteiger partial charge in [-0.05, 0) is 124 Å². The Morgan fingerprint density at radius 2 is 0.467 bits per heavy atom. The molecule has 4 aliphatic rings. The Hall–Kier alpha value is -7.69. The molecule has 0 spiro atoms. The van der Waals surface area contributed by atoms with Gasteiger partial charge >= 0.3 is 0 Å². The monoisotopic (exact) mass is 762 g/mol. The van der Waals surface area contributed by atoms with Crippen molar-refractivity contribution in [1.29, 1.82) is 0 Å². The van der Waals surface area contributed by atoms with Gasteiger partial charge in [-0.1, -0.05) is 127 Å². The molecule has 0 unspecified atom stereocenters. The summed E-state index contributed by atoms with van der Waals surface area (Å²) in [6, 6.07) is 80.4. The van der Waals surface area contributed by atoms with E-state index in [9.17, 15) is 0 Å². The summed E-state index contributed by atoms with van der Waals surface area (Å²) >= 11 is 0. The van der Waals surface area contributed by atoms with E-state index in [0.29, 0.717) is 0 Å². The van der Waals surface area contributed by atoms with E-state index in [2.05, 4.69) is 238 Å². The summed E-state index contributed by atoms with van der Waals surface area (Å²) in [4.78, 5) is 9.89. The molecule has 4 aliphatic heterocycles. The highest BCUT2D eigenvalue weighted by Gasteiger charge is 2.45. The maximum atomic E-state index is 2.50. The van der Waals surface area contributed by atoms with Gasteiger partial charge in [0.05, 0.1) is 0 Å². The maximum absolute atomic E-state index is 2.50. The van der Waals surface area contributed by atoms with Crippen molar-refractivity contribution in [2.24, 2.45) is 0 Å². The van der Waals surface area contributed by atoms with Gasteiger partial charge in [-0.2, -0.15) is 0 Å². The fourth-order valence-corrected chi connectivity index (χ4v) is 10.7. The lowest BCUT2D eigenvalue weighted by atomic mass is 9.33. The van der Waals surface area contributed by atoms with Crippen LogP contribution in [0.2, 0.25) is 0 Å². The summed E-state index contributed by atoms with van der Waals surface area (Å²) in [5.74, 6) is 0. The first kappa shape index (κ1) is 33.3. The molecule has 0 aromatic heterocycles. The minimum atomic E-state index is 0.0974. The first-order valence-corrected chi connectivity index (χ1v) is 20.9. The molecule has 0 atom stereocenters. The Bertz CT molecular complexity index is 2960. The lowest BCUT2D eigenvalue weighted by Crippen LogP contribution is -2.61. The molecule has 0 radical (unpaired) electrons. The fourth-order valence-electron chi connectivity index (χ4n) is 10.7. The topological polar surface area (TPSA) is 13.0 Å². The first-order valence-electron chi connectivity index (χ1n) is 20.9. The number of benzene rings is 9. The lowest BCUT2D eigenvalue weighted by Gasteiger charge is -2.45. The minimum Gasteiger partial charge on any atom is -0.311 e. The zero-order valence-corrected chi connectivity index (χ0v) is 32.7. The molecule has 278 valence electrons. The standard InChI is InChI=1S/C54H36B2N4/c1-3-18-37(19-4-1)57-45-28-11-7-24-41(45)55-43-26-9-13-30-47(43)59(51-34-16-32-49(57)53(51)55)39-22-15-23-40(36-39)60-48-31-14-10-27-44(48)56-42-25-8-12-29-46(42)58(38-20-5-2-6-21-38)50-33-17-35-52(60)54(50)56/h1-36H. The smallest absolute Gasteiger partial charge is 0.252 e. The highest BCUT2D eigenvalue weighted by Crippen LogP contribution is 2.47. The lowest BCUT2D eigenvalue weighted by molar-refractivity contribution is 1.23. The molecular formula is C54H36B2N4. The number of hydrogen-bond acceptors (Lipinski definition) is 4. The van der Waals surface area contributed by atoms with Gasteiger partial charge in [0.2, 0.25) is 0 Å². The number of hydrogen-bond donors (Lipinski definition) is 0. The SMILES string of the molecule is c1ccc(N2c3ccccc3B3c4ccccc4N(c4cccc(N5c6ccccc6B6c7ccccc7N(c7ccccc7)c7cccc5c76)c4)c4cccc2c43)cc1. The molecule has 4 heterocycles. The van der Waals surface area contributed by atoms with Gasteiger partial charge in [0.15, 0.2) is 0 Å². The van der Waals surface area contributed by atoms with Crippen LogP contribution in [0.1, 0.15) is 0 Å². The van der Waals surface area contributed by atoms with Crippen molar-refractivity contribution in [3.63, 3.8) is 0 Å². The number of anilines is 12. The second kappa shape index (κ2) is 12.9. The average Bonchev–Trinajstić information content (AvgIpc) is 3.32. The van der Waals surface area contributed by atoms with Crippen molar-refractivity contribution in [1.82, 2.24) is 0 Å². The van der Waals surface area contributed by atoms with Crippen molar-refractivity contribution < 1.29 is 0 Å². The summed E-state index contributed by atoms with van der Waals surface area (Å²) < 4.78 is 0. The van der Waals surface area contributed by atoms with Crippen LogP contribution in [0, 0.1) is 0 Å². The summed E-state index contributed by atoms with van der Waals surface area (Å²) in [6.45, 7) is 0.195. The van der Waals surface area contributed by atoms with Crippen LogP contribution in [-0.2, 0) is 0 Å². The van der Waals surface area contributed by atoms with Crippen molar-refractivity contribution in [3.05, 3.63) is 218 Å². The van der Waals surface area contributed by atoms with Gasteiger partial charge < -0.3 is 19.6 Å². The maximum Gasteiger partial charge on any atom is 0.252 e. The van der Waals surface area contributed by atoms with Crippen LogP contribution in [-0.4, -0.2) is 13.4 Å². The van der Waals surface area contributed by atoms with Crippen molar-refractivity contribution in [2.45, 2.75) is 0 Å². The van der Waals surface area contributed by atoms with E-state index in [0.717, 1.165) is 22.7 Å². The summed E-state index contributed by atoms with van der Waals surface area (Å²) in [6.07, 6.45) is 0. The van der Waals surface area contributed by atoms with Gasteiger partial charge in [0.25, 0.3) is 13.4 Å². The first-order chi connectivity index (χ1) is 29.8. The van der Waals surface area contributed by atoms with Crippen LogP contribution in [0.5, 0.6) is 0 Å². The molecule has 4 nitrogen and oxygen atoms in total. The van der Waals surface area contributed by atoms with Crippen LogP contribution in [0.25, 0.3) is 0 Å². The van der Waals surface area contributed by atoms with Gasteiger partial charge in [-0.3, -0.25) is 0 Å². The Balaban J connectivity index is 1.01. The zero-order valence-electron chi connectivity index (χ0n) is 32.7. The quantitative estimate of drug-likeness (QED) is 0.166. The van der Waals surface area contributed by atoms with Crippen molar-refractivity contribution in [3.8, 4) is 0 Å². The highest BCUT2D eigenvalue weighted by atomic mass is 15.2.